The summed E-state index contributed by atoms with van der Waals surface area (Å²) in [5.74, 6) is -0.423. The minimum atomic E-state index is -1.01. The van der Waals surface area contributed by atoms with Gasteiger partial charge in [-0.15, -0.1) is 0 Å². The molecule has 0 bridgehead atoms. The number of amides is 4. The van der Waals surface area contributed by atoms with Gasteiger partial charge in [-0.25, -0.2) is 19.7 Å². The molecule has 1 unspecified atom stereocenters. The van der Waals surface area contributed by atoms with Crippen molar-refractivity contribution in [2.45, 2.75) is 25.3 Å². The second kappa shape index (κ2) is 10.3. The molecule has 3 N–H and O–H groups in total. The summed E-state index contributed by atoms with van der Waals surface area (Å²) in [5.41, 5.74) is 8.89. The van der Waals surface area contributed by atoms with Crippen LogP contribution in [0.25, 0.3) is 22.4 Å². The first-order chi connectivity index (χ1) is 19.4. The van der Waals surface area contributed by atoms with Gasteiger partial charge in [-0.1, -0.05) is 6.07 Å². The highest BCUT2D eigenvalue weighted by molar-refractivity contribution is 6.00. The van der Waals surface area contributed by atoms with Gasteiger partial charge in [0.2, 0.25) is 11.9 Å². The molecular formula is C28H27N7O5. The Balaban J connectivity index is 1.27. The van der Waals surface area contributed by atoms with Gasteiger partial charge < -0.3 is 24.7 Å². The summed E-state index contributed by atoms with van der Waals surface area (Å²) >= 11 is 0. The van der Waals surface area contributed by atoms with Gasteiger partial charge in [0.25, 0.3) is 5.91 Å². The van der Waals surface area contributed by atoms with Crippen molar-refractivity contribution in [2.75, 3.05) is 31.6 Å². The van der Waals surface area contributed by atoms with E-state index in [1.807, 2.05) is 6.07 Å². The normalized spacial score (nSPS) is 15.4. The average molecular weight is 542 g/mol. The van der Waals surface area contributed by atoms with Crippen LogP contribution in [0.4, 0.5) is 10.7 Å². The van der Waals surface area contributed by atoms with Crippen molar-refractivity contribution in [3.05, 3.63) is 65.7 Å². The number of rotatable bonds is 7. The van der Waals surface area contributed by atoms with Crippen LogP contribution in [0.2, 0.25) is 0 Å². The number of hydrogen-bond acceptors (Lipinski definition) is 9. The SMILES string of the molecule is COc1ccc2c(c1)C(=O)N(CC(C(=O)NC(N)=O)c1cc3nc(-c4cnc(N5CCCC5)nc4)ccc3o1)C2. The summed E-state index contributed by atoms with van der Waals surface area (Å²) in [4.78, 5) is 55.1. The zero-order chi connectivity index (χ0) is 27.8. The van der Waals surface area contributed by atoms with Crippen LogP contribution in [0.5, 0.6) is 5.75 Å². The molecule has 1 saturated heterocycles. The molecule has 1 aromatic carbocycles. The Morgan fingerprint density at radius 2 is 1.90 bits per heavy atom. The lowest BCUT2D eigenvalue weighted by Crippen LogP contribution is -2.42. The van der Waals surface area contributed by atoms with E-state index in [9.17, 15) is 14.4 Å². The molecule has 0 saturated carbocycles. The average Bonchev–Trinajstić information content (AvgIpc) is 3.70. The van der Waals surface area contributed by atoms with E-state index >= 15 is 0 Å². The maximum atomic E-state index is 13.1. The van der Waals surface area contributed by atoms with Gasteiger partial charge in [0.15, 0.2) is 5.58 Å². The first-order valence-electron chi connectivity index (χ1n) is 12.9. The molecule has 3 aromatic heterocycles. The topological polar surface area (TPSA) is 157 Å². The number of anilines is 1. The van der Waals surface area contributed by atoms with Crippen LogP contribution in [-0.2, 0) is 11.3 Å². The van der Waals surface area contributed by atoms with Crippen molar-refractivity contribution in [1.29, 1.82) is 0 Å². The standard InChI is InChI=1S/C28H27N7O5/c1-39-18-5-4-16-14-35(26(37)19(16)10-18)15-20(25(36)33-27(29)38)24-11-22-23(40-24)7-6-21(32-22)17-12-30-28(31-13-17)34-8-2-3-9-34/h4-7,10-13,20H,2-3,8-9,14-15H2,1H3,(H3,29,33,36,38). The number of hydrogen-bond donors (Lipinski definition) is 2. The van der Waals surface area contributed by atoms with Crippen LogP contribution < -0.4 is 20.7 Å². The Labute approximate surface area is 229 Å². The van der Waals surface area contributed by atoms with Crippen molar-refractivity contribution in [1.82, 2.24) is 25.2 Å². The van der Waals surface area contributed by atoms with E-state index in [1.54, 1.807) is 42.7 Å². The van der Waals surface area contributed by atoms with Gasteiger partial charge in [0.05, 0.1) is 12.8 Å². The fraction of sp³-hybridized carbons (Fsp3) is 0.286. The van der Waals surface area contributed by atoms with Crippen molar-refractivity contribution in [2.24, 2.45) is 5.73 Å². The number of fused-ring (bicyclic) bond motifs is 2. The van der Waals surface area contributed by atoms with Crippen LogP contribution >= 0.6 is 0 Å². The third kappa shape index (κ3) is 4.79. The minimum Gasteiger partial charge on any atom is -0.497 e. The maximum Gasteiger partial charge on any atom is 0.318 e. The first-order valence-corrected chi connectivity index (χ1v) is 12.9. The van der Waals surface area contributed by atoms with E-state index in [4.69, 9.17) is 14.9 Å². The Bertz CT molecular complexity index is 1610. The number of nitrogens with zero attached hydrogens (tertiary/aromatic N) is 5. The molecule has 0 radical (unpaired) electrons. The zero-order valence-electron chi connectivity index (χ0n) is 21.8. The van der Waals surface area contributed by atoms with E-state index in [0.717, 1.165) is 37.1 Å². The van der Waals surface area contributed by atoms with E-state index < -0.39 is 17.9 Å². The van der Waals surface area contributed by atoms with Crippen LogP contribution in [0.15, 0.2) is 53.2 Å². The molecule has 40 heavy (non-hydrogen) atoms. The number of furan rings is 1. The van der Waals surface area contributed by atoms with Crippen molar-refractivity contribution >= 4 is 34.9 Å². The second-order valence-electron chi connectivity index (χ2n) is 9.81. The number of nitrogens with two attached hydrogens (primary N) is 1. The predicted octanol–water partition coefficient (Wildman–Crippen LogP) is 2.83. The summed E-state index contributed by atoms with van der Waals surface area (Å²) in [6, 6.07) is 9.45. The first kappa shape index (κ1) is 25.3. The van der Waals surface area contributed by atoms with Gasteiger partial charge in [-0.05, 0) is 42.7 Å². The van der Waals surface area contributed by atoms with E-state index in [2.05, 4.69) is 25.2 Å². The number of benzene rings is 1. The molecule has 0 aliphatic carbocycles. The van der Waals surface area contributed by atoms with Crippen LogP contribution in [-0.4, -0.2) is 64.4 Å². The fourth-order valence-electron chi connectivity index (χ4n) is 5.16. The number of ether oxygens (including phenoxy) is 1. The molecule has 2 aliphatic heterocycles. The van der Waals surface area contributed by atoms with Gasteiger partial charge >= 0.3 is 6.03 Å². The van der Waals surface area contributed by atoms with Crippen molar-refractivity contribution < 1.29 is 23.5 Å². The number of urea groups is 1. The zero-order valence-corrected chi connectivity index (χ0v) is 21.8. The monoisotopic (exact) mass is 541 g/mol. The van der Waals surface area contributed by atoms with Gasteiger partial charge in [0, 0.05) is 55.8 Å². The number of methoxy groups -OCH3 is 1. The predicted molar refractivity (Wildman–Crippen MR) is 145 cm³/mol. The van der Waals surface area contributed by atoms with Crippen LogP contribution in [0.3, 0.4) is 0 Å². The number of carbonyl (C=O) groups excluding carboxylic acids is 3. The second-order valence-corrected chi connectivity index (χ2v) is 9.81. The number of aromatic nitrogens is 3. The molecule has 12 nitrogen and oxygen atoms in total. The molecule has 204 valence electrons. The lowest BCUT2D eigenvalue weighted by Gasteiger charge is -2.21. The molecule has 5 heterocycles. The van der Waals surface area contributed by atoms with Gasteiger partial charge in [-0.3, -0.25) is 14.9 Å². The smallest absolute Gasteiger partial charge is 0.318 e. The molecule has 1 fully saturated rings. The molecular weight excluding hydrogens is 514 g/mol. The Hall–Kier alpha value is -5.00. The number of pyridine rings is 1. The maximum absolute atomic E-state index is 13.1. The highest BCUT2D eigenvalue weighted by Gasteiger charge is 2.34. The quantitative estimate of drug-likeness (QED) is 0.359. The summed E-state index contributed by atoms with van der Waals surface area (Å²) in [7, 11) is 1.53. The Morgan fingerprint density at radius 3 is 2.62 bits per heavy atom. The Morgan fingerprint density at radius 1 is 1.12 bits per heavy atom. The van der Waals surface area contributed by atoms with E-state index in [1.165, 1.54) is 12.0 Å². The van der Waals surface area contributed by atoms with Crippen molar-refractivity contribution in [3.8, 4) is 17.0 Å². The highest BCUT2D eigenvalue weighted by Crippen LogP contribution is 2.32. The van der Waals surface area contributed by atoms with Gasteiger partial charge in [-0.2, -0.15) is 0 Å². The van der Waals surface area contributed by atoms with Crippen LogP contribution in [0, 0.1) is 0 Å². The summed E-state index contributed by atoms with van der Waals surface area (Å²) in [5, 5.41) is 2.12. The summed E-state index contributed by atoms with van der Waals surface area (Å²) in [6.45, 7) is 2.17. The lowest BCUT2D eigenvalue weighted by atomic mass is 10.0. The molecule has 1 atom stereocenters. The molecule has 4 aromatic rings. The molecule has 4 amide bonds. The number of carbonyl (C=O) groups is 3. The molecule has 0 spiro atoms. The van der Waals surface area contributed by atoms with Crippen LogP contribution in [0.1, 0.15) is 40.4 Å². The third-order valence-electron chi connectivity index (χ3n) is 7.22. The third-order valence-corrected chi connectivity index (χ3v) is 7.22. The number of primary amides is 1. The van der Waals surface area contributed by atoms with E-state index in [-0.39, 0.29) is 18.2 Å². The van der Waals surface area contributed by atoms with E-state index in [0.29, 0.717) is 40.6 Å². The minimum absolute atomic E-state index is 0.0343. The number of nitrogens with one attached hydrogen (secondary N) is 1. The number of imide groups is 1. The molecule has 12 heteroatoms. The fourth-order valence-corrected chi connectivity index (χ4v) is 5.16. The Kier molecular flexibility index (Phi) is 6.50. The molecule has 6 rings (SSSR count). The summed E-state index contributed by atoms with van der Waals surface area (Å²) < 4.78 is 11.2. The lowest BCUT2D eigenvalue weighted by molar-refractivity contribution is -0.122. The highest BCUT2D eigenvalue weighted by atomic mass is 16.5. The molecule has 2 aliphatic rings. The van der Waals surface area contributed by atoms with Crippen molar-refractivity contribution in [3.63, 3.8) is 0 Å². The van der Waals surface area contributed by atoms with Gasteiger partial charge in [0.1, 0.15) is 22.9 Å². The summed E-state index contributed by atoms with van der Waals surface area (Å²) in [6.07, 6.45) is 5.76. The largest absolute Gasteiger partial charge is 0.497 e.